The van der Waals surface area contributed by atoms with Crippen molar-refractivity contribution in [1.29, 1.82) is 0 Å². The molecule has 0 saturated heterocycles. The molecule has 3 nitrogen and oxygen atoms in total. The lowest BCUT2D eigenvalue weighted by Gasteiger charge is -2.21. The Balaban J connectivity index is 2.92. The Morgan fingerprint density at radius 2 is 2.19 bits per heavy atom. The fourth-order valence-corrected chi connectivity index (χ4v) is 1.89. The lowest BCUT2D eigenvalue weighted by molar-refractivity contribution is 0.201. The lowest BCUT2D eigenvalue weighted by atomic mass is 10.1. The van der Waals surface area contributed by atoms with Crippen LogP contribution in [0.2, 0.25) is 0 Å². The minimum atomic E-state index is -0.347. The first-order valence-corrected chi connectivity index (χ1v) is 5.62. The number of aliphatic hydroxyl groups excluding tert-OH is 1. The topological polar surface area (TPSA) is 49.5 Å². The van der Waals surface area contributed by atoms with Gasteiger partial charge in [-0.25, -0.2) is 0 Å². The minimum absolute atomic E-state index is 0.347. The smallest absolute Gasteiger partial charge is 0.104 e. The van der Waals surface area contributed by atoms with E-state index < -0.39 is 0 Å². The van der Waals surface area contributed by atoms with Gasteiger partial charge in [0, 0.05) is 24.8 Å². The van der Waals surface area contributed by atoms with Gasteiger partial charge in [-0.15, -0.1) is 0 Å². The predicted octanol–water partition coefficient (Wildman–Crippen LogP) is 1.45. The maximum Gasteiger partial charge on any atom is 0.104 e. The van der Waals surface area contributed by atoms with E-state index in [9.17, 15) is 5.11 Å². The maximum absolute atomic E-state index is 9.31. The van der Waals surface area contributed by atoms with E-state index in [1.807, 2.05) is 37.1 Å². The van der Waals surface area contributed by atoms with Crippen LogP contribution in [0, 0.1) is 6.92 Å². The summed E-state index contributed by atoms with van der Waals surface area (Å²) in [6.45, 7) is 4.35. The molecule has 1 unspecified atom stereocenters. The van der Waals surface area contributed by atoms with Crippen LogP contribution in [0.15, 0.2) is 18.2 Å². The normalized spacial score (nSPS) is 12.2. The van der Waals surface area contributed by atoms with Crippen LogP contribution in [0.1, 0.15) is 18.1 Å². The molecule has 0 saturated carbocycles. The zero-order chi connectivity index (χ0) is 12.3. The molecule has 1 aromatic carbocycles. The Labute approximate surface area is 102 Å². The average molecular weight is 238 g/mol. The van der Waals surface area contributed by atoms with Gasteiger partial charge in [0.05, 0.1) is 6.10 Å². The van der Waals surface area contributed by atoms with E-state index in [4.69, 9.17) is 18.0 Å². The van der Waals surface area contributed by atoms with Crippen molar-refractivity contribution >= 4 is 22.9 Å². The molecule has 0 aliphatic heterocycles. The first-order valence-electron chi connectivity index (χ1n) is 5.21. The van der Waals surface area contributed by atoms with Gasteiger partial charge in [0.2, 0.25) is 0 Å². The summed E-state index contributed by atoms with van der Waals surface area (Å²) in [4.78, 5) is 2.42. The summed E-state index contributed by atoms with van der Waals surface area (Å²) in [5.74, 6) is 0. The molecule has 0 fully saturated rings. The highest BCUT2D eigenvalue weighted by atomic mass is 32.1. The standard InChI is InChI=1S/C12H18N2OS/c1-8-6-10(14(3)7-9(2)15)4-5-11(8)12(13)16/h4-6,9,15H,7H2,1-3H3,(H2,13,16). The highest BCUT2D eigenvalue weighted by molar-refractivity contribution is 7.80. The van der Waals surface area contributed by atoms with E-state index in [2.05, 4.69) is 0 Å². The van der Waals surface area contributed by atoms with Crippen LogP contribution in [-0.4, -0.2) is 29.8 Å². The van der Waals surface area contributed by atoms with Gasteiger partial charge < -0.3 is 15.7 Å². The van der Waals surface area contributed by atoms with Crippen LogP contribution in [-0.2, 0) is 0 Å². The molecule has 1 aromatic rings. The highest BCUT2D eigenvalue weighted by Crippen LogP contribution is 2.18. The zero-order valence-electron chi connectivity index (χ0n) is 9.90. The summed E-state index contributed by atoms with van der Waals surface area (Å²) in [5.41, 5.74) is 8.62. The summed E-state index contributed by atoms with van der Waals surface area (Å²) >= 11 is 4.95. The summed E-state index contributed by atoms with van der Waals surface area (Å²) < 4.78 is 0. The Bertz CT molecular complexity index is 391. The van der Waals surface area contributed by atoms with E-state index in [0.29, 0.717) is 11.5 Å². The van der Waals surface area contributed by atoms with Gasteiger partial charge in [0.25, 0.3) is 0 Å². The summed E-state index contributed by atoms with van der Waals surface area (Å²) in [7, 11) is 1.95. The highest BCUT2D eigenvalue weighted by Gasteiger charge is 2.07. The van der Waals surface area contributed by atoms with Gasteiger partial charge in [-0.3, -0.25) is 0 Å². The van der Waals surface area contributed by atoms with Crippen molar-refractivity contribution in [2.75, 3.05) is 18.5 Å². The van der Waals surface area contributed by atoms with Crippen molar-refractivity contribution in [3.05, 3.63) is 29.3 Å². The van der Waals surface area contributed by atoms with Crippen molar-refractivity contribution in [2.45, 2.75) is 20.0 Å². The number of hydrogen-bond acceptors (Lipinski definition) is 3. The number of hydrogen-bond donors (Lipinski definition) is 2. The van der Waals surface area contributed by atoms with Crippen LogP contribution in [0.4, 0.5) is 5.69 Å². The van der Waals surface area contributed by atoms with Crippen LogP contribution >= 0.6 is 12.2 Å². The molecule has 4 heteroatoms. The van der Waals surface area contributed by atoms with Gasteiger partial charge >= 0.3 is 0 Å². The fraction of sp³-hybridized carbons (Fsp3) is 0.417. The van der Waals surface area contributed by atoms with E-state index in [0.717, 1.165) is 16.8 Å². The van der Waals surface area contributed by atoms with E-state index in [1.54, 1.807) is 6.92 Å². The van der Waals surface area contributed by atoms with Gasteiger partial charge in [0.15, 0.2) is 0 Å². The molecule has 0 aromatic heterocycles. The monoisotopic (exact) mass is 238 g/mol. The lowest BCUT2D eigenvalue weighted by Crippen LogP contribution is -2.27. The number of thiocarbonyl (C=S) groups is 1. The van der Waals surface area contributed by atoms with Crippen LogP contribution in [0.25, 0.3) is 0 Å². The Hall–Kier alpha value is -1.13. The van der Waals surface area contributed by atoms with E-state index in [1.165, 1.54) is 0 Å². The molecule has 16 heavy (non-hydrogen) atoms. The van der Waals surface area contributed by atoms with Crippen molar-refractivity contribution in [3.63, 3.8) is 0 Å². The molecule has 0 aliphatic carbocycles. The van der Waals surface area contributed by atoms with Gasteiger partial charge in [-0.1, -0.05) is 12.2 Å². The van der Waals surface area contributed by atoms with Gasteiger partial charge in [0.1, 0.15) is 4.99 Å². The molecular weight excluding hydrogens is 220 g/mol. The van der Waals surface area contributed by atoms with Crippen LogP contribution in [0.3, 0.4) is 0 Å². The molecule has 0 spiro atoms. The first kappa shape index (κ1) is 12.9. The third-order valence-electron chi connectivity index (χ3n) is 2.45. The van der Waals surface area contributed by atoms with Gasteiger partial charge in [-0.05, 0) is 37.6 Å². The van der Waals surface area contributed by atoms with Crippen LogP contribution < -0.4 is 10.6 Å². The molecule has 3 N–H and O–H groups in total. The van der Waals surface area contributed by atoms with Crippen molar-refractivity contribution in [2.24, 2.45) is 5.73 Å². The number of nitrogens with two attached hydrogens (primary N) is 1. The Kier molecular flexibility index (Phi) is 4.26. The molecule has 0 amide bonds. The summed E-state index contributed by atoms with van der Waals surface area (Å²) in [6, 6.07) is 5.91. The summed E-state index contributed by atoms with van der Waals surface area (Å²) in [5, 5.41) is 9.31. The molecule has 0 aliphatic rings. The second kappa shape index (κ2) is 5.27. The first-order chi connectivity index (χ1) is 7.41. The number of aliphatic hydroxyl groups is 1. The summed E-state index contributed by atoms with van der Waals surface area (Å²) in [6.07, 6.45) is -0.347. The van der Waals surface area contributed by atoms with Gasteiger partial charge in [-0.2, -0.15) is 0 Å². The third-order valence-corrected chi connectivity index (χ3v) is 2.67. The fourth-order valence-electron chi connectivity index (χ4n) is 1.66. The zero-order valence-corrected chi connectivity index (χ0v) is 10.7. The van der Waals surface area contributed by atoms with Crippen LogP contribution in [0.5, 0.6) is 0 Å². The Morgan fingerprint density at radius 3 is 2.62 bits per heavy atom. The molecule has 1 atom stereocenters. The number of aryl methyl sites for hydroxylation is 1. The van der Waals surface area contributed by atoms with Crippen molar-refractivity contribution in [1.82, 2.24) is 0 Å². The number of rotatable bonds is 4. The molecule has 0 heterocycles. The molecule has 0 radical (unpaired) electrons. The largest absolute Gasteiger partial charge is 0.392 e. The molecule has 0 bridgehead atoms. The molecular formula is C12H18N2OS. The number of anilines is 1. The second-order valence-corrected chi connectivity index (χ2v) is 4.53. The number of likely N-dealkylation sites (N-methyl/N-ethyl adjacent to an activating group) is 1. The maximum atomic E-state index is 9.31. The predicted molar refractivity (Wildman–Crippen MR) is 72.0 cm³/mol. The van der Waals surface area contributed by atoms with E-state index >= 15 is 0 Å². The second-order valence-electron chi connectivity index (χ2n) is 4.09. The van der Waals surface area contributed by atoms with Crippen molar-refractivity contribution < 1.29 is 5.11 Å². The third kappa shape index (κ3) is 3.18. The molecule has 88 valence electrons. The SMILES string of the molecule is Cc1cc(N(C)CC(C)O)ccc1C(N)=S. The average Bonchev–Trinajstić information content (AvgIpc) is 2.15. The quantitative estimate of drug-likeness (QED) is 0.780. The van der Waals surface area contributed by atoms with E-state index in [-0.39, 0.29) is 6.10 Å². The van der Waals surface area contributed by atoms with Crippen molar-refractivity contribution in [3.8, 4) is 0 Å². The number of nitrogens with zero attached hydrogens (tertiary/aromatic N) is 1. The number of benzene rings is 1. The molecule has 1 rings (SSSR count). The Morgan fingerprint density at radius 1 is 1.56 bits per heavy atom. The minimum Gasteiger partial charge on any atom is -0.392 e.